The summed E-state index contributed by atoms with van der Waals surface area (Å²) in [6, 6.07) is 8.61. The summed E-state index contributed by atoms with van der Waals surface area (Å²) in [5, 5.41) is 0. The molecule has 0 radical (unpaired) electrons. The first kappa shape index (κ1) is 12.5. The van der Waals surface area contributed by atoms with E-state index in [2.05, 4.69) is 54.9 Å². The molecule has 0 atom stereocenters. The van der Waals surface area contributed by atoms with Crippen molar-refractivity contribution in [3.8, 4) is 0 Å². The third-order valence-electron chi connectivity index (χ3n) is 4.76. The van der Waals surface area contributed by atoms with E-state index in [1.54, 1.807) is 0 Å². The number of nitrogens with two attached hydrogens (primary N) is 1. The highest BCUT2D eigenvalue weighted by molar-refractivity contribution is 5.98. The Balaban J connectivity index is 1.86. The van der Waals surface area contributed by atoms with Crippen molar-refractivity contribution >= 4 is 11.6 Å². The van der Waals surface area contributed by atoms with E-state index < -0.39 is 0 Å². The van der Waals surface area contributed by atoms with Crippen LogP contribution < -0.4 is 10.6 Å². The highest BCUT2D eigenvalue weighted by Crippen LogP contribution is 2.49. The fraction of sp³-hybridized carbons (Fsp3) is 0.562. The van der Waals surface area contributed by atoms with Gasteiger partial charge in [-0.05, 0) is 43.7 Å². The van der Waals surface area contributed by atoms with Gasteiger partial charge in [0.05, 0.1) is 12.1 Å². The molecule has 1 aliphatic carbocycles. The molecule has 1 heterocycles. The molecular weight excluding hydrogens is 234 g/mol. The van der Waals surface area contributed by atoms with E-state index in [1.807, 2.05) is 0 Å². The van der Waals surface area contributed by atoms with Crippen molar-refractivity contribution in [1.82, 2.24) is 0 Å². The molecule has 1 aromatic rings. The van der Waals surface area contributed by atoms with Gasteiger partial charge in [0, 0.05) is 5.69 Å². The zero-order valence-electron chi connectivity index (χ0n) is 12.1. The maximum atomic E-state index is 6.13. The summed E-state index contributed by atoms with van der Waals surface area (Å²) in [6.45, 7) is 7.59. The highest BCUT2D eigenvalue weighted by Gasteiger charge is 2.53. The number of guanidine groups is 1. The van der Waals surface area contributed by atoms with Crippen LogP contribution in [0, 0.1) is 18.8 Å². The van der Waals surface area contributed by atoms with E-state index in [9.17, 15) is 0 Å². The van der Waals surface area contributed by atoms with Crippen molar-refractivity contribution in [1.29, 1.82) is 0 Å². The third kappa shape index (κ3) is 1.92. The number of aliphatic imine (C=N–C) groups is 1. The van der Waals surface area contributed by atoms with Crippen molar-refractivity contribution in [2.24, 2.45) is 22.6 Å². The molecule has 19 heavy (non-hydrogen) atoms. The molecule has 0 unspecified atom stereocenters. The van der Waals surface area contributed by atoms with Crippen LogP contribution in [0.3, 0.4) is 0 Å². The van der Waals surface area contributed by atoms with Crippen LogP contribution in [0.25, 0.3) is 0 Å². The first-order chi connectivity index (χ1) is 9.02. The molecule has 3 rings (SSSR count). The molecule has 1 fully saturated rings. The number of rotatable bonds is 2. The Morgan fingerprint density at radius 1 is 1.26 bits per heavy atom. The zero-order chi connectivity index (χ0) is 13.6. The molecule has 2 aliphatic rings. The van der Waals surface area contributed by atoms with Crippen molar-refractivity contribution < 1.29 is 0 Å². The minimum Gasteiger partial charge on any atom is -0.369 e. The Morgan fingerprint density at radius 2 is 1.89 bits per heavy atom. The largest absolute Gasteiger partial charge is 0.369 e. The van der Waals surface area contributed by atoms with E-state index in [4.69, 9.17) is 5.73 Å². The Kier molecular flexibility index (Phi) is 2.80. The van der Waals surface area contributed by atoms with Crippen molar-refractivity contribution in [2.45, 2.75) is 39.2 Å². The highest BCUT2D eigenvalue weighted by atomic mass is 15.4. The molecule has 0 aromatic heterocycles. The molecule has 0 amide bonds. The molecule has 3 nitrogen and oxygen atoms in total. The van der Waals surface area contributed by atoms with Gasteiger partial charge < -0.3 is 10.6 Å². The van der Waals surface area contributed by atoms with E-state index in [1.165, 1.54) is 24.1 Å². The third-order valence-corrected chi connectivity index (χ3v) is 4.76. The fourth-order valence-electron chi connectivity index (χ4n) is 3.41. The van der Waals surface area contributed by atoms with Gasteiger partial charge in [0.1, 0.15) is 0 Å². The fourth-order valence-corrected chi connectivity index (χ4v) is 3.41. The number of nitrogens with zero attached hydrogens (tertiary/aromatic N) is 2. The van der Waals surface area contributed by atoms with Gasteiger partial charge >= 0.3 is 0 Å². The van der Waals surface area contributed by atoms with Gasteiger partial charge in [-0.25, -0.2) is 0 Å². The van der Waals surface area contributed by atoms with E-state index in [0.717, 1.165) is 18.4 Å². The molecule has 102 valence electrons. The summed E-state index contributed by atoms with van der Waals surface area (Å²) in [5.41, 5.74) is 8.76. The van der Waals surface area contributed by atoms with E-state index in [-0.39, 0.29) is 5.54 Å². The maximum absolute atomic E-state index is 6.13. The molecular formula is C16H23N3. The molecule has 0 saturated heterocycles. The maximum Gasteiger partial charge on any atom is 0.196 e. The SMILES string of the molecule is Cc1ccc(N2C(N)=NCC23CC(C(C)C)C3)cc1. The summed E-state index contributed by atoms with van der Waals surface area (Å²) in [6.07, 6.45) is 2.42. The number of aryl methyl sites for hydroxylation is 1. The van der Waals surface area contributed by atoms with Crippen molar-refractivity contribution in [2.75, 3.05) is 11.4 Å². The topological polar surface area (TPSA) is 41.6 Å². The zero-order valence-corrected chi connectivity index (χ0v) is 12.1. The van der Waals surface area contributed by atoms with Gasteiger partial charge in [0.2, 0.25) is 0 Å². The molecule has 1 aromatic carbocycles. The Bertz CT molecular complexity index is 495. The number of anilines is 1. The van der Waals surface area contributed by atoms with Crippen LogP contribution in [0.4, 0.5) is 5.69 Å². The van der Waals surface area contributed by atoms with Crippen LogP contribution in [-0.4, -0.2) is 18.0 Å². The lowest BCUT2D eigenvalue weighted by atomic mass is 9.63. The van der Waals surface area contributed by atoms with E-state index >= 15 is 0 Å². The Labute approximate surface area is 115 Å². The second-order valence-electron chi connectivity index (χ2n) is 6.48. The molecule has 1 saturated carbocycles. The average Bonchev–Trinajstić information content (AvgIpc) is 2.66. The lowest BCUT2D eigenvalue weighted by Gasteiger charge is -2.52. The molecule has 1 aliphatic heterocycles. The van der Waals surface area contributed by atoms with Gasteiger partial charge in [0.25, 0.3) is 0 Å². The predicted molar refractivity (Wildman–Crippen MR) is 80.4 cm³/mol. The Morgan fingerprint density at radius 3 is 2.47 bits per heavy atom. The second kappa shape index (κ2) is 4.26. The molecule has 1 spiro atoms. The van der Waals surface area contributed by atoms with Gasteiger partial charge in [-0.3, -0.25) is 4.99 Å². The van der Waals surface area contributed by atoms with Crippen LogP contribution in [0.15, 0.2) is 29.3 Å². The number of benzene rings is 1. The lowest BCUT2D eigenvalue weighted by Crippen LogP contribution is -2.60. The first-order valence-corrected chi connectivity index (χ1v) is 7.19. The van der Waals surface area contributed by atoms with Gasteiger partial charge in [-0.1, -0.05) is 31.5 Å². The summed E-state index contributed by atoms with van der Waals surface area (Å²) in [4.78, 5) is 6.77. The quantitative estimate of drug-likeness (QED) is 0.885. The first-order valence-electron chi connectivity index (χ1n) is 7.19. The number of hydrogen-bond donors (Lipinski definition) is 1. The van der Waals surface area contributed by atoms with Crippen molar-refractivity contribution in [3.05, 3.63) is 29.8 Å². The van der Waals surface area contributed by atoms with E-state index in [0.29, 0.717) is 5.96 Å². The smallest absolute Gasteiger partial charge is 0.196 e. The van der Waals surface area contributed by atoms with Crippen LogP contribution in [0.2, 0.25) is 0 Å². The van der Waals surface area contributed by atoms with Crippen molar-refractivity contribution in [3.63, 3.8) is 0 Å². The Hall–Kier alpha value is -1.51. The second-order valence-corrected chi connectivity index (χ2v) is 6.48. The monoisotopic (exact) mass is 257 g/mol. The van der Waals surface area contributed by atoms with Gasteiger partial charge in [-0.15, -0.1) is 0 Å². The standard InChI is InChI=1S/C16H23N3/c1-11(2)13-8-16(9-13)10-18-15(17)19(16)14-6-4-12(3)5-7-14/h4-7,11,13H,8-10H2,1-3H3,(H2,17,18). The summed E-state index contributed by atoms with van der Waals surface area (Å²) in [5.74, 6) is 2.26. The van der Waals surface area contributed by atoms with Crippen LogP contribution in [-0.2, 0) is 0 Å². The van der Waals surface area contributed by atoms with Crippen LogP contribution in [0.5, 0.6) is 0 Å². The molecule has 3 heteroatoms. The number of hydrogen-bond acceptors (Lipinski definition) is 3. The summed E-state index contributed by atoms with van der Waals surface area (Å²) in [7, 11) is 0. The van der Waals surface area contributed by atoms with Crippen LogP contribution in [0.1, 0.15) is 32.3 Å². The van der Waals surface area contributed by atoms with Crippen LogP contribution >= 0.6 is 0 Å². The molecule has 2 N–H and O–H groups in total. The molecule has 0 bridgehead atoms. The predicted octanol–water partition coefficient (Wildman–Crippen LogP) is 2.93. The minimum absolute atomic E-state index is 0.161. The lowest BCUT2D eigenvalue weighted by molar-refractivity contribution is 0.121. The average molecular weight is 257 g/mol. The van der Waals surface area contributed by atoms with Gasteiger partial charge in [-0.2, -0.15) is 0 Å². The summed E-state index contributed by atoms with van der Waals surface area (Å²) < 4.78 is 0. The van der Waals surface area contributed by atoms with Gasteiger partial charge in [0.15, 0.2) is 5.96 Å². The normalized spacial score (nSPS) is 29.8. The minimum atomic E-state index is 0.161. The summed E-state index contributed by atoms with van der Waals surface area (Å²) >= 11 is 0.